The Balaban J connectivity index is 2.11. The Kier molecular flexibility index (Phi) is 4.84. The van der Waals surface area contributed by atoms with Gasteiger partial charge in [0.15, 0.2) is 11.5 Å². The summed E-state index contributed by atoms with van der Waals surface area (Å²) in [6, 6.07) is 13.9. The van der Waals surface area contributed by atoms with Gasteiger partial charge in [0.05, 0.1) is 12.2 Å². The lowest BCUT2D eigenvalue weighted by Crippen LogP contribution is -2.04. The molecule has 0 N–H and O–H groups in total. The largest absolute Gasteiger partial charge is 0.360 e. The van der Waals surface area contributed by atoms with Gasteiger partial charge in [0.2, 0.25) is 0 Å². The average Bonchev–Trinajstić information content (AvgIpc) is 3.00. The standard InChI is InChI=1S/C18H13ClN4O2/c1-11-17(16(25-22-11)10-21-23-20)14-4-2-3-5-15(14)18(24)12-6-8-13(19)9-7-12/h2-9H,10H2,1H3. The highest BCUT2D eigenvalue weighted by Crippen LogP contribution is 2.32. The summed E-state index contributed by atoms with van der Waals surface area (Å²) in [5.41, 5.74) is 11.6. The third kappa shape index (κ3) is 3.40. The van der Waals surface area contributed by atoms with Crippen molar-refractivity contribution in [3.63, 3.8) is 0 Å². The summed E-state index contributed by atoms with van der Waals surface area (Å²) in [5, 5.41) is 8.04. The van der Waals surface area contributed by atoms with Gasteiger partial charge in [-0.05, 0) is 42.3 Å². The van der Waals surface area contributed by atoms with Crippen LogP contribution in [0.4, 0.5) is 0 Å². The minimum Gasteiger partial charge on any atom is -0.360 e. The van der Waals surface area contributed by atoms with E-state index >= 15 is 0 Å². The summed E-state index contributed by atoms with van der Waals surface area (Å²) in [5.74, 6) is 0.286. The highest BCUT2D eigenvalue weighted by atomic mass is 35.5. The van der Waals surface area contributed by atoms with Gasteiger partial charge in [-0.3, -0.25) is 4.79 Å². The van der Waals surface area contributed by atoms with Gasteiger partial charge in [-0.2, -0.15) is 0 Å². The molecule has 0 spiro atoms. The Hall–Kier alpha value is -3.08. The minimum absolute atomic E-state index is 0.0240. The molecule has 0 aliphatic heterocycles. The Morgan fingerprint density at radius 3 is 2.68 bits per heavy atom. The van der Waals surface area contributed by atoms with E-state index in [0.717, 1.165) is 0 Å². The number of hydrogen-bond donors (Lipinski definition) is 0. The first kappa shape index (κ1) is 16.8. The van der Waals surface area contributed by atoms with Gasteiger partial charge >= 0.3 is 0 Å². The monoisotopic (exact) mass is 352 g/mol. The molecule has 0 bridgehead atoms. The zero-order valence-corrected chi connectivity index (χ0v) is 14.1. The van der Waals surface area contributed by atoms with E-state index in [9.17, 15) is 4.79 Å². The van der Waals surface area contributed by atoms with Crippen LogP contribution in [0.2, 0.25) is 5.02 Å². The first-order chi connectivity index (χ1) is 12.1. The molecule has 3 rings (SSSR count). The zero-order valence-electron chi connectivity index (χ0n) is 13.3. The van der Waals surface area contributed by atoms with E-state index in [1.54, 1.807) is 43.3 Å². The molecule has 0 radical (unpaired) electrons. The molecule has 0 unspecified atom stereocenters. The lowest BCUT2D eigenvalue weighted by molar-refractivity contribution is 0.103. The third-order valence-corrected chi connectivity index (χ3v) is 4.01. The number of rotatable bonds is 5. The molecule has 0 saturated carbocycles. The van der Waals surface area contributed by atoms with Crippen molar-refractivity contribution in [2.24, 2.45) is 5.11 Å². The molecule has 2 aromatic carbocycles. The summed E-state index contributed by atoms with van der Waals surface area (Å²) in [7, 11) is 0. The SMILES string of the molecule is Cc1noc(CN=[N+]=[N-])c1-c1ccccc1C(=O)c1ccc(Cl)cc1. The summed E-state index contributed by atoms with van der Waals surface area (Å²) >= 11 is 5.89. The molecule has 0 saturated heterocycles. The van der Waals surface area contributed by atoms with E-state index in [-0.39, 0.29) is 12.3 Å². The van der Waals surface area contributed by atoms with Crippen molar-refractivity contribution in [2.45, 2.75) is 13.5 Å². The number of benzene rings is 2. The van der Waals surface area contributed by atoms with Gasteiger partial charge in [0, 0.05) is 26.6 Å². The Labute approximate surface area is 148 Å². The second-order valence-electron chi connectivity index (χ2n) is 5.34. The number of azide groups is 1. The second-order valence-corrected chi connectivity index (χ2v) is 5.77. The summed E-state index contributed by atoms with van der Waals surface area (Å²) in [6.07, 6.45) is 0. The number of carbonyl (C=O) groups excluding carboxylic acids is 1. The topological polar surface area (TPSA) is 91.9 Å². The number of hydrogen-bond acceptors (Lipinski definition) is 4. The van der Waals surface area contributed by atoms with Crippen LogP contribution in [0.15, 0.2) is 58.2 Å². The molecule has 124 valence electrons. The van der Waals surface area contributed by atoms with E-state index in [0.29, 0.717) is 38.7 Å². The highest BCUT2D eigenvalue weighted by molar-refractivity contribution is 6.30. The Morgan fingerprint density at radius 2 is 1.96 bits per heavy atom. The molecular weight excluding hydrogens is 340 g/mol. The van der Waals surface area contributed by atoms with Crippen LogP contribution in [0.5, 0.6) is 0 Å². The normalized spacial score (nSPS) is 10.3. The molecule has 1 heterocycles. The van der Waals surface area contributed by atoms with Crippen molar-refractivity contribution in [1.82, 2.24) is 5.16 Å². The van der Waals surface area contributed by atoms with Crippen LogP contribution in [0, 0.1) is 6.92 Å². The fourth-order valence-electron chi connectivity index (χ4n) is 2.62. The average molecular weight is 353 g/mol. The maximum Gasteiger partial charge on any atom is 0.193 e. The van der Waals surface area contributed by atoms with E-state index < -0.39 is 0 Å². The number of nitrogens with zero attached hydrogens (tertiary/aromatic N) is 4. The molecule has 0 aliphatic carbocycles. The van der Waals surface area contributed by atoms with Crippen molar-refractivity contribution in [2.75, 3.05) is 0 Å². The number of aryl methyl sites for hydroxylation is 1. The number of carbonyl (C=O) groups is 1. The van der Waals surface area contributed by atoms with Gasteiger partial charge < -0.3 is 4.52 Å². The van der Waals surface area contributed by atoms with Gasteiger partial charge in [-0.1, -0.05) is 46.1 Å². The van der Waals surface area contributed by atoms with E-state index in [1.807, 2.05) is 12.1 Å². The lowest BCUT2D eigenvalue weighted by atomic mass is 9.93. The van der Waals surface area contributed by atoms with Crippen LogP contribution in [-0.4, -0.2) is 10.9 Å². The molecule has 0 atom stereocenters. The third-order valence-electron chi connectivity index (χ3n) is 3.76. The van der Waals surface area contributed by atoms with Crippen LogP contribution < -0.4 is 0 Å². The number of halogens is 1. The molecule has 25 heavy (non-hydrogen) atoms. The summed E-state index contributed by atoms with van der Waals surface area (Å²) in [4.78, 5) is 15.7. The van der Waals surface area contributed by atoms with E-state index in [4.69, 9.17) is 21.7 Å². The summed E-state index contributed by atoms with van der Waals surface area (Å²) in [6.45, 7) is 1.80. The predicted octanol–water partition coefficient (Wildman–Crippen LogP) is 5.34. The van der Waals surface area contributed by atoms with Crippen LogP contribution in [-0.2, 0) is 6.54 Å². The molecule has 7 heteroatoms. The Morgan fingerprint density at radius 1 is 1.24 bits per heavy atom. The molecular formula is C18H13ClN4O2. The first-order valence-electron chi connectivity index (χ1n) is 7.47. The van der Waals surface area contributed by atoms with Gasteiger partial charge in [0.1, 0.15) is 0 Å². The quantitative estimate of drug-likeness (QED) is 0.268. The van der Waals surface area contributed by atoms with Gasteiger partial charge in [-0.15, -0.1) is 0 Å². The fourth-order valence-corrected chi connectivity index (χ4v) is 2.75. The minimum atomic E-state index is -0.136. The number of ketones is 1. The maximum absolute atomic E-state index is 12.9. The number of aromatic nitrogens is 1. The second kappa shape index (κ2) is 7.21. The van der Waals surface area contributed by atoms with Gasteiger partial charge in [0.25, 0.3) is 0 Å². The molecule has 6 nitrogen and oxygen atoms in total. The molecule has 0 amide bonds. The summed E-state index contributed by atoms with van der Waals surface area (Å²) < 4.78 is 5.26. The highest BCUT2D eigenvalue weighted by Gasteiger charge is 2.21. The van der Waals surface area contributed by atoms with Crippen LogP contribution in [0.3, 0.4) is 0 Å². The predicted molar refractivity (Wildman–Crippen MR) is 94.4 cm³/mol. The first-order valence-corrected chi connectivity index (χ1v) is 7.85. The van der Waals surface area contributed by atoms with Crippen LogP contribution in [0.1, 0.15) is 27.4 Å². The molecule has 0 aliphatic rings. The van der Waals surface area contributed by atoms with Crippen molar-refractivity contribution >= 4 is 17.4 Å². The molecule has 0 fully saturated rings. The lowest BCUT2D eigenvalue weighted by Gasteiger charge is -2.09. The van der Waals surface area contributed by atoms with E-state index in [1.165, 1.54) is 0 Å². The van der Waals surface area contributed by atoms with Crippen molar-refractivity contribution < 1.29 is 9.32 Å². The van der Waals surface area contributed by atoms with Crippen LogP contribution in [0.25, 0.3) is 21.6 Å². The fraction of sp³-hybridized carbons (Fsp3) is 0.111. The smallest absolute Gasteiger partial charge is 0.193 e. The van der Waals surface area contributed by atoms with Crippen molar-refractivity contribution in [1.29, 1.82) is 0 Å². The zero-order chi connectivity index (χ0) is 17.8. The molecule has 3 aromatic rings. The molecule has 1 aromatic heterocycles. The van der Waals surface area contributed by atoms with E-state index in [2.05, 4.69) is 15.2 Å². The van der Waals surface area contributed by atoms with Crippen molar-refractivity contribution in [3.8, 4) is 11.1 Å². The Bertz CT molecular complexity index is 973. The van der Waals surface area contributed by atoms with Crippen molar-refractivity contribution in [3.05, 3.63) is 86.6 Å². The van der Waals surface area contributed by atoms with Gasteiger partial charge in [-0.25, -0.2) is 0 Å². The maximum atomic E-state index is 12.9. The van der Waals surface area contributed by atoms with Crippen LogP contribution >= 0.6 is 11.6 Å².